The Morgan fingerprint density at radius 1 is 1.22 bits per heavy atom. The van der Waals surface area contributed by atoms with Crippen LogP contribution in [0.1, 0.15) is 0 Å². The first kappa shape index (κ1) is 16.4. The second-order valence-electron chi connectivity index (χ2n) is 4.10. The molecule has 23 heavy (non-hydrogen) atoms. The van der Waals surface area contributed by atoms with Crippen molar-refractivity contribution >= 4 is 21.7 Å². The van der Waals surface area contributed by atoms with Gasteiger partial charge in [0.05, 0.1) is 25.3 Å². The highest BCUT2D eigenvalue weighted by atomic mass is 32.2. The molecule has 0 amide bonds. The fraction of sp³-hybridized carbons (Fsp3) is 0.167. The summed E-state index contributed by atoms with van der Waals surface area (Å²) in [5.74, 6) is -0.0790. The molecule has 0 spiro atoms. The van der Waals surface area contributed by atoms with Crippen molar-refractivity contribution in [3.8, 4) is 11.6 Å². The third-order valence-corrected chi connectivity index (χ3v) is 4.09. The number of sulfonamides is 1. The van der Waals surface area contributed by atoms with Crippen molar-refractivity contribution in [2.75, 3.05) is 18.9 Å². The Balaban J connectivity index is 2.41. The maximum absolute atomic E-state index is 12.3. The molecular formula is C12H12N4O6S. The third-order valence-electron chi connectivity index (χ3n) is 2.71. The molecule has 122 valence electrons. The molecule has 0 bridgehead atoms. The lowest BCUT2D eigenvalue weighted by molar-refractivity contribution is -0.387. The summed E-state index contributed by atoms with van der Waals surface area (Å²) >= 11 is 0. The lowest BCUT2D eigenvalue weighted by Gasteiger charge is -2.09. The maximum Gasteiger partial charge on any atom is 0.289 e. The van der Waals surface area contributed by atoms with Gasteiger partial charge in [-0.15, -0.1) is 0 Å². The molecule has 2 aromatic rings. The Morgan fingerprint density at radius 2 is 1.91 bits per heavy atom. The van der Waals surface area contributed by atoms with Gasteiger partial charge in [0.1, 0.15) is 0 Å². The summed E-state index contributed by atoms with van der Waals surface area (Å²) in [7, 11) is -1.55. The van der Waals surface area contributed by atoms with Gasteiger partial charge in [-0.2, -0.15) is 4.98 Å². The highest BCUT2D eigenvalue weighted by Gasteiger charge is 2.26. The van der Waals surface area contributed by atoms with Gasteiger partial charge in [-0.25, -0.2) is 18.1 Å². The summed E-state index contributed by atoms with van der Waals surface area (Å²) in [4.78, 5) is 17.3. The zero-order valence-electron chi connectivity index (χ0n) is 12.1. The third kappa shape index (κ3) is 3.45. The highest BCUT2D eigenvalue weighted by Crippen LogP contribution is 2.27. The first-order valence-corrected chi connectivity index (χ1v) is 7.58. The van der Waals surface area contributed by atoms with Crippen LogP contribution in [0.25, 0.3) is 0 Å². The standard InChI is InChI=1S/C12H12N4O6S/c1-21-9-7-13-12(14-11(9)22-2)15-23(19,20)10-6-4-3-5-8(10)16(17)18/h3-7H,1-2H3,(H,13,14,15). The van der Waals surface area contributed by atoms with Crippen LogP contribution in [-0.2, 0) is 10.0 Å². The molecule has 1 N–H and O–H groups in total. The molecule has 0 fully saturated rings. The number of anilines is 1. The molecule has 2 rings (SSSR count). The second-order valence-corrected chi connectivity index (χ2v) is 5.75. The maximum atomic E-state index is 12.3. The number of benzene rings is 1. The molecule has 1 aromatic carbocycles. The predicted molar refractivity (Wildman–Crippen MR) is 79.0 cm³/mol. The van der Waals surface area contributed by atoms with E-state index in [4.69, 9.17) is 9.47 Å². The van der Waals surface area contributed by atoms with Gasteiger partial charge in [0.15, 0.2) is 10.6 Å². The Bertz CT molecular complexity index is 839. The van der Waals surface area contributed by atoms with Crippen LogP contribution in [0.2, 0.25) is 0 Å². The molecule has 0 atom stereocenters. The number of nitro groups is 1. The first-order chi connectivity index (χ1) is 10.9. The normalized spacial score (nSPS) is 10.9. The number of nitrogens with one attached hydrogen (secondary N) is 1. The van der Waals surface area contributed by atoms with Crippen LogP contribution < -0.4 is 14.2 Å². The van der Waals surface area contributed by atoms with E-state index in [1.807, 2.05) is 0 Å². The van der Waals surface area contributed by atoms with E-state index in [1.54, 1.807) is 0 Å². The fourth-order valence-corrected chi connectivity index (χ4v) is 2.83. The number of nitrogens with zero attached hydrogens (tertiary/aromatic N) is 3. The highest BCUT2D eigenvalue weighted by molar-refractivity contribution is 7.92. The number of methoxy groups -OCH3 is 2. The van der Waals surface area contributed by atoms with Gasteiger partial charge in [-0.05, 0) is 6.07 Å². The predicted octanol–water partition coefficient (Wildman–Crippen LogP) is 1.20. The van der Waals surface area contributed by atoms with E-state index >= 15 is 0 Å². The van der Waals surface area contributed by atoms with Gasteiger partial charge >= 0.3 is 0 Å². The van der Waals surface area contributed by atoms with Crippen LogP contribution >= 0.6 is 0 Å². The number of hydrogen-bond donors (Lipinski definition) is 1. The van der Waals surface area contributed by atoms with Crippen molar-refractivity contribution in [2.45, 2.75) is 4.90 Å². The Hall–Kier alpha value is -2.95. The molecule has 0 unspecified atom stereocenters. The van der Waals surface area contributed by atoms with Crippen LogP contribution in [0.15, 0.2) is 35.4 Å². The molecule has 0 aliphatic heterocycles. The Morgan fingerprint density at radius 3 is 2.52 bits per heavy atom. The molecule has 1 heterocycles. The zero-order chi connectivity index (χ0) is 17.0. The van der Waals surface area contributed by atoms with Crippen molar-refractivity contribution < 1.29 is 22.8 Å². The quantitative estimate of drug-likeness (QED) is 0.612. The van der Waals surface area contributed by atoms with Crippen LogP contribution in [0.5, 0.6) is 11.6 Å². The van der Waals surface area contributed by atoms with Gasteiger partial charge < -0.3 is 9.47 Å². The molecule has 0 saturated heterocycles. The Labute approximate surface area is 131 Å². The number of para-hydroxylation sites is 1. The topological polar surface area (TPSA) is 134 Å². The van der Waals surface area contributed by atoms with E-state index in [1.165, 1.54) is 32.5 Å². The van der Waals surface area contributed by atoms with Crippen molar-refractivity contribution in [3.05, 3.63) is 40.6 Å². The molecular weight excluding hydrogens is 328 g/mol. The largest absolute Gasteiger partial charge is 0.490 e. The average molecular weight is 340 g/mol. The van der Waals surface area contributed by atoms with Gasteiger partial charge in [-0.1, -0.05) is 12.1 Å². The van der Waals surface area contributed by atoms with Crippen LogP contribution in [-0.4, -0.2) is 37.5 Å². The number of rotatable bonds is 6. The van der Waals surface area contributed by atoms with Crippen LogP contribution in [0.3, 0.4) is 0 Å². The number of nitro benzene ring substituents is 1. The summed E-state index contributed by atoms with van der Waals surface area (Å²) in [5, 5.41) is 11.0. The molecule has 0 saturated carbocycles. The molecule has 10 nitrogen and oxygen atoms in total. The molecule has 11 heteroatoms. The molecule has 0 aliphatic carbocycles. The van der Waals surface area contributed by atoms with Crippen molar-refractivity contribution in [1.29, 1.82) is 0 Å². The van der Waals surface area contributed by atoms with Gasteiger partial charge in [-0.3, -0.25) is 10.1 Å². The Kier molecular flexibility index (Phi) is 4.60. The minimum Gasteiger partial charge on any atom is -0.490 e. The van der Waals surface area contributed by atoms with Crippen LogP contribution in [0.4, 0.5) is 11.6 Å². The van der Waals surface area contributed by atoms with Crippen molar-refractivity contribution in [3.63, 3.8) is 0 Å². The monoisotopic (exact) mass is 340 g/mol. The van der Waals surface area contributed by atoms with E-state index in [-0.39, 0.29) is 17.6 Å². The minimum atomic E-state index is -4.25. The van der Waals surface area contributed by atoms with E-state index in [0.29, 0.717) is 0 Å². The number of hydrogen-bond acceptors (Lipinski definition) is 8. The first-order valence-electron chi connectivity index (χ1n) is 6.10. The average Bonchev–Trinajstić information content (AvgIpc) is 2.54. The van der Waals surface area contributed by atoms with Crippen molar-refractivity contribution in [2.24, 2.45) is 0 Å². The van der Waals surface area contributed by atoms with E-state index in [9.17, 15) is 18.5 Å². The van der Waals surface area contributed by atoms with E-state index in [2.05, 4.69) is 14.7 Å². The lowest BCUT2D eigenvalue weighted by Crippen LogP contribution is -2.16. The van der Waals surface area contributed by atoms with Crippen molar-refractivity contribution in [1.82, 2.24) is 9.97 Å². The lowest BCUT2D eigenvalue weighted by atomic mass is 10.3. The molecule has 0 aliphatic rings. The SMILES string of the molecule is COc1cnc(NS(=O)(=O)c2ccccc2[N+](=O)[O-])nc1OC. The van der Waals surface area contributed by atoms with E-state index in [0.717, 1.165) is 12.1 Å². The van der Waals surface area contributed by atoms with E-state index < -0.39 is 25.5 Å². The van der Waals surface area contributed by atoms with Gasteiger partial charge in [0, 0.05) is 6.07 Å². The smallest absolute Gasteiger partial charge is 0.289 e. The van der Waals surface area contributed by atoms with Crippen LogP contribution in [0, 0.1) is 10.1 Å². The minimum absolute atomic E-state index is 0.0164. The fourth-order valence-electron chi connectivity index (χ4n) is 1.70. The summed E-state index contributed by atoms with van der Waals surface area (Å²) in [6.45, 7) is 0. The zero-order valence-corrected chi connectivity index (χ0v) is 12.9. The number of ether oxygens (including phenoxy) is 2. The second kappa shape index (κ2) is 6.44. The summed E-state index contributed by atoms with van der Waals surface area (Å²) in [6, 6.07) is 4.94. The van der Waals surface area contributed by atoms with Gasteiger partial charge in [0.2, 0.25) is 5.95 Å². The molecule has 1 aromatic heterocycles. The summed E-state index contributed by atoms with van der Waals surface area (Å²) in [5.41, 5.74) is -0.555. The summed E-state index contributed by atoms with van der Waals surface area (Å²) in [6.07, 6.45) is 1.21. The molecule has 0 radical (unpaired) electrons. The number of aromatic nitrogens is 2. The van der Waals surface area contributed by atoms with Gasteiger partial charge in [0.25, 0.3) is 21.6 Å². The summed E-state index contributed by atoms with van der Waals surface area (Å²) < 4.78 is 36.6.